The molecule has 1 aliphatic rings. The van der Waals surface area contributed by atoms with Gasteiger partial charge in [0.1, 0.15) is 12.1 Å². The zero-order chi connectivity index (χ0) is 11.6. The highest BCUT2D eigenvalue weighted by Gasteiger charge is 2.20. The van der Waals surface area contributed by atoms with Crippen molar-refractivity contribution in [3.05, 3.63) is 17.6 Å². The van der Waals surface area contributed by atoms with E-state index in [1.165, 1.54) is 17.7 Å². The Morgan fingerprint density at radius 1 is 1.38 bits per heavy atom. The third-order valence-corrected chi connectivity index (χ3v) is 3.11. The average molecular weight is 221 g/mol. The molecule has 1 aliphatic carbocycles. The average Bonchev–Trinajstić information content (AvgIpc) is 2.75. The van der Waals surface area contributed by atoms with Gasteiger partial charge in [0.15, 0.2) is 0 Å². The van der Waals surface area contributed by atoms with Gasteiger partial charge in [-0.1, -0.05) is 0 Å². The summed E-state index contributed by atoms with van der Waals surface area (Å²) in [5, 5.41) is 3.36. The first-order valence-electron chi connectivity index (χ1n) is 5.74. The highest BCUT2D eigenvalue weighted by Crippen LogP contribution is 2.25. The van der Waals surface area contributed by atoms with Crippen LogP contribution in [0.25, 0.3) is 0 Å². The van der Waals surface area contributed by atoms with E-state index in [2.05, 4.69) is 29.1 Å². The highest BCUT2D eigenvalue weighted by atomic mass is 16.5. The van der Waals surface area contributed by atoms with Gasteiger partial charge < -0.3 is 10.1 Å². The number of anilines is 1. The molecule has 0 saturated heterocycles. The van der Waals surface area contributed by atoms with Crippen molar-refractivity contribution >= 4 is 5.82 Å². The van der Waals surface area contributed by atoms with Crippen molar-refractivity contribution < 1.29 is 4.74 Å². The highest BCUT2D eigenvalue weighted by molar-refractivity contribution is 5.48. The Balaban J connectivity index is 2.08. The molecule has 4 nitrogen and oxygen atoms in total. The molecule has 1 N–H and O–H groups in total. The summed E-state index contributed by atoms with van der Waals surface area (Å²) in [7, 11) is 1.73. The van der Waals surface area contributed by atoms with Crippen LogP contribution in [0.15, 0.2) is 6.33 Å². The Morgan fingerprint density at radius 3 is 2.94 bits per heavy atom. The van der Waals surface area contributed by atoms with Crippen LogP contribution in [0, 0.1) is 0 Å². The number of hydrogen-bond donors (Lipinski definition) is 1. The third-order valence-electron chi connectivity index (χ3n) is 3.11. The lowest BCUT2D eigenvalue weighted by Crippen LogP contribution is -2.32. The fraction of sp³-hybridized carbons (Fsp3) is 0.667. The van der Waals surface area contributed by atoms with E-state index in [0.29, 0.717) is 0 Å². The molecule has 0 unspecified atom stereocenters. The summed E-state index contributed by atoms with van der Waals surface area (Å²) in [5.74, 6) is 0.979. The summed E-state index contributed by atoms with van der Waals surface area (Å²) < 4.78 is 5.37. The summed E-state index contributed by atoms with van der Waals surface area (Å²) in [6, 6.07) is 0. The first kappa shape index (κ1) is 11.3. The van der Waals surface area contributed by atoms with Crippen LogP contribution >= 0.6 is 0 Å². The largest absolute Gasteiger partial charge is 0.377 e. The predicted molar refractivity (Wildman–Crippen MR) is 63.6 cm³/mol. The van der Waals surface area contributed by atoms with E-state index in [-0.39, 0.29) is 5.60 Å². The number of nitrogens with zero attached hydrogens (tertiary/aromatic N) is 2. The maximum Gasteiger partial charge on any atom is 0.132 e. The molecule has 0 bridgehead atoms. The van der Waals surface area contributed by atoms with Crippen LogP contribution in [-0.4, -0.2) is 29.2 Å². The summed E-state index contributed by atoms with van der Waals surface area (Å²) in [6.07, 6.45) is 5.01. The molecule has 0 aromatic carbocycles. The van der Waals surface area contributed by atoms with Crippen LogP contribution in [0.1, 0.15) is 31.5 Å². The minimum atomic E-state index is -0.170. The first-order chi connectivity index (χ1) is 7.62. The van der Waals surface area contributed by atoms with E-state index in [4.69, 9.17) is 4.74 Å². The molecular weight excluding hydrogens is 202 g/mol. The van der Waals surface area contributed by atoms with Gasteiger partial charge in [-0.15, -0.1) is 0 Å². The van der Waals surface area contributed by atoms with Crippen molar-refractivity contribution in [1.29, 1.82) is 0 Å². The molecular formula is C12H19N3O. The molecule has 4 heteroatoms. The molecule has 88 valence electrons. The van der Waals surface area contributed by atoms with E-state index >= 15 is 0 Å². The van der Waals surface area contributed by atoms with Gasteiger partial charge in [0.05, 0.1) is 5.60 Å². The Labute approximate surface area is 96.4 Å². The lowest BCUT2D eigenvalue weighted by molar-refractivity contribution is 0.0343. The lowest BCUT2D eigenvalue weighted by Gasteiger charge is -2.24. The van der Waals surface area contributed by atoms with Crippen molar-refractivity contribution in [2.24, 2.45) is 0 Å². The SMILES string of the molecule is COC(C)(C)CNc1ncnc2c1CCC2. The zero-order valence-electron chi connectivity index (χ0n) is 10.2. The minimum absolute atomic E-state index is 0.170. The van der Waals surface area contributed by atoms with Gasteiger partial charge in [0, 0.05) is 24.9 Å². The topological polar surface area (TPSA) is 47.0 Å². The number of fused-ring (bicyclic) bond motifs is 1. The Hall–Kier alpha value is -1.16. The predicted octanol–water partition coefficient (Wildman–Crippen LogP) is 1.80. The number of aromatic nitrogens is 2. The second kappa shape index (κ2) is 4.37. The number of methoxy groups -OCH3 is 1. The van der Waals surface area contributed by atoms with Gasteiger partial charge in [-0.2, -0.15) is 0 Å². The smallest absolute Gasteiger partial charge is 0.132 e. The lowest BCUT2D eigenvalue weighted by atomic mass is 10.1. The van der Waals surface area contributed by atoms with Gasteiger partial charge in [-0.05, 0) is 33.1 Å². The Morgan fingerprint density at radius 2 is 2.19 bits per heavy atom. The summed E-state index contributed by atoms with van der Waals surface area (Å²) >= 11 is 0. The van der Waals surface area contributed by atoms with Gasteiger partial charge in [-0.3, -0.25) is 0 Å². The van der Waals surface area contributed by atoms with Crippen LogP contribution in [0.3, 0.4) is 0 Å². The second-order valence-corrected chi connectivity index (χ2v) is 4.82. The summed E-state index contributed by atoms with van der Waals surface area (Å²) in [5.41, 5.74) is 2.32. The van der Waals surface area contributed by atoms with Crippen molar-refractivity contribution in [3.63, 3.8) is 0 Å². The summed E-state index contributed by atoms with van der Waals surface area (Å²) in [4.78, 5) is 8.61. The first-order valence-corrected chi connectivity index (χ1v) is 5.74. The number of nitrogens with one attached hydrogen (secondary N) is 1. The molecule has 1 aromatic rings. The van der Waals surface area contributed by atoms with Crippen LogP contribution in [0.5, 0.6) is 0 Å². The van der Waals surface area contributed by atoms with Crippen LogP contribution in [-0.2, 0) is 17.6 Å². The van der Waals surface area contributed by atoms with Crippen molar-refractivity contribution in [2.45, 2.75) is 38.7 Å². The maximum atomic E-state index is 5.37. The van der Waals surface area contributed by atoms with Gasteiger partial charge >= 0.3 is 0 Å². The van der Waals surface area contributed by atoms with Gasteiger partial charge in [-0.25, -0.2) is 9.97 Å². The number of aryl methyl sites for hydroxylation is 1. The standard InChI is InChI=1S/C12H19N3O/c1-12(2,16-3)7-13-11-9-5-4-6-10(9)14-8-15-11/h8H,4-7H2,1-3H3,(H,13,14,15). The Kier molecular flexibility index (Phi) is 3.10. The molecule has 1 aromatic heterocycles. The monoisotopic (exact) mass is 221 g/mol. The van der Waals surface area contributed by atoms with Crippen molar-refractivity contribution in [3.8, 4) is 0 Å². The minimum Gasteiger partial charge on any atom is -0.377 e. The van der Waals surface area contributed by atoms with Gasteiger partial charge in [0.25, 0.3) is 0 Å². The molecule has 0 aliphatic heterocycles. The fourth-order valence-corrected chi connectivity index (χ4v) is 1.88. The molecule has 0 fully saturated rings. The maximum absolute atomic E-state index is 5.37. The Bertz CT molecular complexity index is 377. The van der Waals surface area contributed by atoms with E-state index in [1.807, 2.05) is 0 Å². The number of rotatable bonds is 4. The normalized spacial score (nSPS) is 14.9. The fourth-order valence-electron chi connectivity index (χ4n) is 1.88. The number of hydrogen-bond acceptors (Lipinski definition) is 4. The van der Waals surface area contributed by atoms with Crippen molar-refractivity contribution in [2.75, 3.05) is 19.0 Å². The van der Waals surface area contributed by atoms with E-state index in [9.17, 15) is 0 Å². The molecule has 2 rings (SSSR count). The molecule has 0 radical (unpaired) electrons. The molecule has 1 heterocycles. The second-order valence-electron chi connectivity index (χ2n) is 4.82. The quantitative estimate of drug-likeness (QED) is 0.842. The van der Waals surface area contributed by atoms with Gasteiger partial charge in [0.2, 0.25) is 0 Å². The summed E-state index contributed by atoms with van der Waals surface area (Å²) in [6.45, 7) is 4.87. The number of ether oxygens (including phenoxy) is 1. The van der Waals surface area contributed by atoms with E-state index in [0.717, 1.165) is 25.2 Å². The van der Waals surface area contributed by atoms with Crippen LogP contribution in [0.4, 0.5) is 5.82 Å². The molecule has 0 amide bonds. The van der Waals surface area contributed by atoms with Crippen LogP contribution < -0.4 is 5.32 Å². The molecule has 0 spiro atoms. The molecule has 16 heavy (non-hydrogen) atoms. The van der Waals surface area contributed by atoms with Crippen molar-refractivity contribution in [1.82, 2.24) is 9.97 Å². The zero-order valence-corrected chi connectivity index (χ0v) is 10.2. The van der Waals surface area contributed by atoms with E-state index in [1.54, 1.807) is 13.4 Å². The molecule has 0 saturated carbocycles. The third kappa shape index (κ3) is 2.32. The molecule has 0 atom stereocenters. The van der Waals surface area contributed by atoms with Crippen LogP contribution in [0.2, 0.25) is 0 Å². The van der Waals surface area contributed by atoms with E-state index < -0.39 is 0 Å².